The van der Waals surface area contributed by atoms with Crippen LogP contribution in [0.1, 0.15) is 46.3 Å². The van der Waals surface area contributed by atoms with E-state index in [0.717, 1.165) is 50.3 Å². The molecule has 38 heavy (non-hydrogen) atoms. The monoisotopic (exact) mass is 532 g/mol. The third kappa shape index (κ3) is 7.33. The second-order valence-electron chi connectivity index (χ2n) is 9.94. The van der Waals surface area contributed by atoms with E-state index in [0.29, 0.717) is 19.0 Å². The summed E-state index contributed by atoms with van der Waals surface area (Å²) in [6, 6.07) is 11.7. The van der Waals surface area contributed by atoms with E-state index in [2.05, 4.69) is 53.6 Å². The molecule has 4 rings (SSSR count). The lowest BCUT2D eigenvalue weighted by molar-refractivity contribution is -0.138. The minimum Gasteiger partial charge on any atom is -0.364 e. The molecule has 3 atom stereocenters. The number of hydrogen-bond donors (Lipinski definition) is 2. The number of rotatable bonds is 10. The van der Waals surface area contributed by atoms with E-state index in [1.165, 1.54) is 11.1 Å². The number of benzene rings is 2. The van der Waals surface area contributed by atoms with Gasteiger partial charge < -0.3 is 19.9 Å². The van der Waals surface area contributed by atoms with Gasteiger partial charge in [0.05, 0.1) is 18.9 Å². The predicted molar refractivity (Wildman–Crippen MR) is 138 cm³/mol. The van der Waals surface area contributed by atoms with Crippen molar-refractivity contribution in [3.05, 3.63) is 70.8 Å². The van der Waals surface area contributed by atoms with Gasteiger partial charge >= 0.3 is 6.18 Å². The van der Waals surface area contributed by atoms with E-state index in [4.69, 9.17) is 4.74 Å². The van der Waals surface area contributed by atoms with Crippen LogP contribution in [0.5, 0.6) is 0 Å². The van der Waals surface area contributed by atoms with Crippen LogP contribution >= 0.6 is 0 Å². The number of carbonyl (C=O) groups is 2. The molecule has 10 heteroatoms. The third-order valence-electron chi connectivity index (χ3n) is 7.24. The maximum absolute atomic E-state index is 13.3. The van der Waals surface area contributed by atoms with Crippen molar-refractivity contribution in [2.45, 2.75) is 44.4 Å². The lowest BCUT2D eigenvalue weighted by atomic mass is 10.1. The summed E-state index contributed by atoms with van der Waals surface area (Å²) in [6.07, 6.45) is -3.49. The highest BCUT2D eigenvalue weighted by Gasteiger charge is 2.38. The summed E-state index contributed by atoms with van der Waals surface area (Å²) in [5.41, 5.74) is 1.70. The molecule has 0 aromatic heterocycles. The Bertz CT molecular complexity index is 1080. The Balaban J connectivity index is 1.33. The number of hydrogen-bond acceptors (Lipinski definition) is 5. The molecule has 0 bridgehead atoms. The van der Waals surface area contributed by atoms with Crippen molar-refractivity contribution in [3.63, 3.8) is 0 Å². The van der Waals surface area contributed by atoms with Crippen molar-refractivity contribution in [2.24, 2.45) is 0 Å². The van der Waals surface area contributed by atoms with E-state index in [1.807, 2.05) is 0 Å². The van der Waals surface area contributed by atoms with Crippen LogP contribution in [0, 0.1) is 6.92 Å². The van der Waals surface area contributed by atoms with Gasteiger partial charge in [-0.3, -0.25) is 14.9 Å². The zero-order valence-corrected chi connectivity index (χ0v) is 21.8. The highest BCUT2D eigenvalue weighted by atomic mass is 19.4. The van der Waals surface area contributed by atoms with Crippen molar-refractivity contribution in [1.82, 2.24) is 20.4 Å². The van der Waals surface area contributed by atoms with Gasteiger partial charge in [-0.05, 0) is 49.7 Å². The first-order valence-corrected chi connectivity index (χ1v) is 13.0. The average Bonchev–Trinajstić information content (AvgIpc) is 3.69. The quantitative estimate of drug-likeness (QED) is 0.363. The van der Waals surface area contributed by atoms with Crippen molar-refractivity contribution in [3.8, 4) is 0 Å². The topological polar surface area (TPSA) is 73.9 Å². The molecular formula is C28H35F3N4O3. The Labute approximate surface area is 221 Å². The number of alkyl halides is 3. The molecule has 1 saturated carbocycles. The summed E-state index contributed by atoms with van der Waals surface area (Å²) in [5.74, 6) is -0.460. The number of amides is 2. The molecule has 1 saturated heterocycles. The SMILES string of the molecule is CCN1CCN(C(=O)[C@H](COCNC2C[C@H]2c2ccc(C)cc2)NC(=O)c2ccc(C(F)(F)F)cc2)CC1. The third-order valence-corrected chi connectivity index (χ3v) is 7.24. The lowest BCUT2D eigenvalue weighted by Gasteiger charge is -2.36. The maximum Gasteiger partial charge on any atom is 0.416 e. The van der Waals surface area contributed by atoms with Gasteiger partial charge in [-0.1, -0.05) is 36.8 Å². The second kappa shape index (κ2) is 12.3. The molecule has 7 nitrogen and oxygen atoms in total. The van der Waals surface area contributed by atoms with Gasteiger partial charge in [0, 0.05) is 43.7 Å². The van der Waals surface area contributed by atoms with Crippen LogP contribution in [0.4, 0.5) is 13.2 Å². The minimum absolute atomic E-state index is 0.0450. The summed E-state index contributed by atoms with van der Waals surface area (Å²) in [7, 11) is 0. The molecule has 1 aliphatic heterocycles. The fourth-order valence-electron chi connectivity index (χ4n) is 4.68. The molecule has 2 amide bonds. The number of halogens is 3. The smallest absolute Gasteiger partial charge is 0.364 e. The van der Waals surface area contributed by atoms with Crippen molar-refractivity contribution in [1.29, 1.82) is 0 Å². The number of ether oxygens (including phenoxy) is 1. The molecule has 1 heterocycles. The van der Waals surface area contributed by atoms with Crippen LogP contribution in [-0.2, 0) is 15.7 Å². The van der Waals surface area contributed by atoms with Crippen LogP contribution in [-0.4, -0.2) is 79.8 Å². The molecule has 1 aliphatic carbocycles. The standard InChI is InChI=1S/C28H35F3N4O3/c1-3-34-12-14-35(15-13-34)27(37)25(33-26(36)21-8-10-22(11-9-21)28(29,30)31)17-38-18-32-24-16-23(24)20-6-4-19(2)5-7-20/h4-11,23-25,32H,3,12-18H2,1-2H3,(H,33,36)/t23-,24?,25-/m0/s1. The van der Waals surface area contributed by atoms with Gasteiger partial charge in [-0.25, -0.2) is 0 Å². The van der Waals surface area contributed by atoms with E-state index >= 15 is 0 Å². The summed E-state index contributed by atoms with van der Waals surface area (Å²) in [5, 5.41) is 6.02. The zero-order chi connectivity index (χ0) is 27.3. The first-order chi connectivity index (χ1) is 18.2. The second-order valence-corrected chi connectivity index (χ2v) is 9.94. The highest BCUT2D eigenvalue weighted by molar-refractivity contribution is 5.97. The van der Waals surface area contributed by atoms with E-state index in [1.54, 1.807) is 4.90 Å². The summed E-state index contributed by atoms with van der Waals surface area (Å²) < 4.78 is 44.4. The Hall–Kier alpha value is -2.95. The molecule has 2 N–H and O–H groups in total. The first kappa shape index (κ1) is 28.1. The number of nitrogens with one attached hydrogen (secondary N) is 2. The number of nitrogens with zero attached hydrogens (tertiary/aromatic N) is 2. The molecule has 1 unspecified atom stereocenters. The van der Waals surface area contributed by atoms with Gasteiger partial charge in [-0.15, -0.1) is 0 Å². The van der Waals surface area contributed by atoms with E-state index in [-0.39, 0.29) is 30.9 Å². The van der Waals surface area contributed by atoms with Crippen molar-refractivity contribution >= 4 is 11.8 Å². The van der Waals surface area contributed by atoms with Gasteiger partial charge in [0.15, 0.2) is 0 Å². The number of carbonyl (C=O) groups excluding carboxylic acids is 2. The Morgan fingerprint density at radius 2 is 1.68 bits per heavy atom. The van der Waals surface area contributed by atoms with Crippen LogP contribution in [0.3, 0.4) is 0 Å². The average molecular weight is 533 g/mol. The van der Waals surface area contributed by atoms with E-state index < -0.39 is 23.7 Å². The van der Waals surface area contributed by atoms with Gasteiger partial charge in [0.1, 0.15) is 6.04 Å². The predicted octanol–water partition coefficient (Wildman–Crippen LogP) is 3.40. The van der Waals surface area contributed by atoms with Gasteiger partial charge in [0.2, 0.25) is 5.91 Å². The molecule has 206 valence electrons. The molecule has 2 aromatic carbocycles. The van der Waals surface area contributed by atoms with Crippen LogP contribution < -0.4 is 10.6 Å². The van der Waals surface area contributed by atoms with E-state index in [9.17, 15) is 22.8 Å². The minimum atomic E-state index is -4.49. The number of likely N-dealkylation sites (N-methyl/N-ethyl adjacent to an activating group) is 1. The Morgan fingerprint density at radius 3 is 2.29 bits per heavy atom. The van der Waals surface area contributed by atoms with Crippen LogP contribution in [0.25, 0.3) is 0 Å². The molecule has 2 fully saturated rings. The normalized spacial score (nSPS) is 20.7. The highest BCUT2D eigenvalue weighted by Crippen LogP contribution is 2.40. The van der Waals surface area contributed by atoms with Crippen molar-refractivity contribution < 1.29 is 27.5 Å². The molecule has 2 aromatic rings. The fraction of sp³-hybridized carbons (Fsp3) is 0.500. The fourth-order valence-corrected chi connectivity index (χ4v) is 4.68. The van der Waals surface area contributed by atoms with Gasteiger partial charge in [-0.2, -0.15) is 13.2 Å². The summed E-state index contributed by atoms with van der Waals surface area (Å²) >= 11 is 0. The molecular weight excluding hydrogens is 497 g/mol. The molecule has 0 spiro atoms. The van der Waals surface area contributed by atoms with Crippen LogP contribution in [0.15, 0.2) is 48.5 Å². The maximum atomic E-state index is 13.3. The largest absolute Gasteiger partial charge is 0.416 e. The summed E-state index contributed by atoms with van der Waals surface area (Å²) in [6.45, 7) is 7.75. The zero-order valence-electron chi connectivity index (χ0n) is 21.8. The Kier molecular flexibility index (Phi) is 9.07. The Morgan fingerprint density at radius 1 is 1.03 bits per heavy atom. The molecule has 0 radical (unpaired) electrons. The number of aryl methyl sites for hydroxylation is 1. The first-order valence-electron chi connectivity index (χ1n) is 13.0. The number of piperazine rings is 1. The van der Waals surface area contributed by atoms with Crippen molar-refractivity contribution in [2.75, 3.05) is 46.1 Å². The van der Waals surface area contributed by atoms with Gasteiger partial charge in [0.25, 0.3) is 5.91 Å². The van der Waals surface area contributed by atoms with Crippen LogP contribution in [0.2, 0.25) is 0 Å². The summed E-state index contributed by atoms with van der Waals surface area (Å²) in [4.78, 5) is 30.1. The molecule has 2 aliphatic rings. The lowest BCUT2D eigenvalue weighted by Crippen LogP contribution is -2.56.